The molecule has 0 spiro atoms. The van der Waals surface area contributed by atoms with Crippen LogP contribution < -0.4 is 5.32 Å². The van der Waals surface area contributed by atoms with Crippen LogP contribution in [0.25, 0.3) is 0 Å². The molecule has 1 aliphatic rings. The Morgan fingerprint density at radius 2 is 2.21 bits per heavy atom. The number of nitrogens with zero attached hydrogens (tertiary/aromatic N) is 1. The van der Waals surface area contributed by atoms with Crippen molar-refractivity contribution in [2.75, 3.05) is 13.1 Å². The summed E-state index contributed by atoms with van der Waals surface area (Å²) in [5.74, 6) is 1.23. The predicted molar refractivity (Wildman–Crippen MR) is 62.8 cm³/mol. The first-order chi connectivity index (χ1) is 6.79. The van der Waals surface area contributed by atoms with Gasteiger partial charge >= 0.3 is 0 Å². The highest BCUT2D eigenvalue weighted by Gasteiger charge is 2.02. The van der Waals surface area contributed by atoms with Crippen molar-refractivity contribution in [1.82, 2.24) is 5.32 Å². The molecular weight excluding hydrogens is 172 g/mol. The summed E-state index contributed by atoms with van der Waals surface area (Å²) in [4.78, 5) is 4.52. The van der Waals surface area contributed by atoms with Crippen LogP contribution in [0.4, 0.5) is 0 Å². The highest BCUT2D eigenvalue weighted by atomic mass is 15.0. The Kier molecular flexibility index (Phi) is 5.35. The van der Waals surface area contributed by atoms with E-state index in [1.54, 1.807) is 0 Å². The number of nitrogens with one attached hydrogen (secondary N) is 1. The van der Waals surface area contributed by atoms with Gasteiger partial charge in [-0.1, -0.05) is 18.1 Å². The van der Waals surface area contributed by atoms with E-state index < -0.39 is 0 Å². The second-order valence-corrected chi connectivity index (χ2v) is 4.14. The molecule has 80 valence electrons. The van der Waals surface area contributed by atoms with E-state index >= 15 is 0 Å². The fourth-order valence-electron chi connectivity index (χ4n) is 1.60. The summed E-state index contributed by atoms with van der Waals surface area (Å²) in [7, 11) is 0. The molecule has 1 N–H and O–H groups in total. The number of hydrogen-bond donors (Lipinski definition) is 1. The summed E-state index contributed by atoms with van der Waals surface area (Å²) in [6, 6.07) is 0. The molecule has 0 atom stereocenters. The molecule has 1 aliphatic heterocycles. The second kappa shape index (κ2) is 6.63. The van der Waals surface area contributed by atoms with E-state index in [1.807, 2.05) is 0 Å². The normalized spacial score (nSPS) is 16.9. The van der Waals surface area contributed by atoms with Crippen molar-refractivity contribution in [2.24, 2.45) is 4.99 Å². The summed E-state index contributed by atoms with van der Waals surface area (Å²) in [5, 5.41) is 3.42. The van der Waals surface area contributed by atoms with Crippen molar-refractivity contribution in [3.05, 3.63) is 11.6 Å². The van der Waals surface area contributed by atoms with E-state index in [2.05, 4.69) is 30.2 Å². The van der Waals surface area contributed by atoms with Crippen LogP contribution >= 0.6 is 0 Å². The molecule has 0 aromatic heterocycles. The van der Waals surface area contributed by atoms with Crippen LogP contribution in [-0.4, -0.2) is 18.9 Å². The van der Waals surface area contributed by atoms with Crippen molar-refractivity contribution < 1.29 is 0 Å². The van der Waals surface area contributed by atoms with Gasteiger partial charge in [-0.05, 0) is 33.1 Å². The van der Waals surface area contributed by atoms with E-state index in [1.165, 1.54) is 30.7 Å². The van der Waals surface area contributed by atoms with E-state index in [4.69, 9.17) is 0 Å². The number of allylic oxidation sites excluding steroid dienone is 1. The maximum atomic E-state index is 4.52. The molecule has 0 aromatic carbocycles. The zero-order chi connectivity index (χ0) is 10.2. The smallest absolute Gasteiger partial charge is 0.0963 e. The van der Waals surface area contributed by atoms with Gasteiger partial charge < -0.3 is 5.32 Å². The molecule has 0 fully saturated rings. The molecule has 0 aliphatic carbocycles. The molecule has 0 radical (unpaired) electrons. The van der Waals surface area contributed by atoms with Crippen molar-refractivity contribution in [2.45, 2.75) is 46.0 Å². The molecule has 1 heterocycles. The average molecular weight is 194 g/mol. The van der Waals surface area contributed by atoms with Crippen molar-refractivity contribution in [3.63, 3.8) is 0 Å². The molecule has 2 heteroatoms. The molecule has 1 rings (SSSR count). The van der Waals surface area contributed by atoms with Crippen LogP contribution in [0, 0.1) is 0 Å². The number of amidine groups is 1. The zero-order valence-electron chi connectivity index (χ0n) is 9.47. The Hall–Kier alpha value is -0.790. The lowest BCUT2D eigenvalue weighted by Crippen LogP contribution is -2.24. The molecule has 0 saturated carbocycles. The van der Waals surface area contributed by atoms with Crippen LogP contribution in [0.15, 0.2) is 16.6 Å². The van der Waals surface area contributed by atoms with Gasteiger partial charge in [-0.25, -0.2) is 0 Å². The Balaban J connectivity index is 2.16. The maximum Gasteiger partial charge on any atom is 0.0963 e. The largest absolute Gasteiger partial charge is 0.374 e. The Morgan fingerprint density at radius 3 is 3.00 bits per heavy atom. The maximum absolute atomic E-state index is 4.52. The van der Waals surface area contributed by atoms with Gasteiger partial charge in [0.05, 0.1) is 5.84 Å². The van der Waals surface area contributed by atoms with Crippen LogP contribution in [0.2, 0.25) is 0 Å². The standard InChI is InChI=1S/C12H22N2/c1-11(2)7-6-10-14-12-8-4-3-5-9-13-12/h7H,3-6,8-10H2,1-2H3,(H,13,14). The Bertz CT molecular complexity index is 212. The highest BCUT2D eigenvalue weighted by Crippen LogP contribution is 2.05. The summed E-state index contributed by atoms with van der Waals surface area (Å²) < 4.78 is 0. The Labute approximate surface area is 87.5 Å². The van der Waals surface area contributed by atoms with Gasteiger partial charge in [0.15, 0.2) is 0 Å². The summed E-state index contributed by atoms with van der Waals surface area (Å²) in [5.41, 5.74) is 1.40. The third-order valence-electron chi connectivity index (χ3n) is 2.40. The first kappa shape index (κ1) is 11.3. The van der Waals surface area contributed by atoms with Gasteiger partial charge in [0, 0.05) is 19.5 Å². The quantitative estimate of drug-likeness (QED) is 0.542. The summed E-state index contributed by atoms with van der Waals surface area (Å²) in [6.07, 6.45) is 8.43. The SMILES string of the molecule is CC(C)=CCCNC1=NCCCCC1. The first-order valence-corrected chi connectivity index (χ1v) is 5.69. The minimum atomic E-state index is 1.02. The van der Waals surface area contributed by atoms with Gasteiger partial charge in [0.1, 0.15) is 0 Å². The lowest BCUT2D eigenvalue weighted by Gasteiger charge is -2.06. The minimum absolute atomic E-state index is 1.02. The fraction of sp³-hybridized carbons (Fsp3) is 0.750. The monoisotopic (exact) mass is 194 g/mol. The van der Waals surface area contributed by atoms with Gasteiger partial charge in [-0.15, -0.1) is 0 Å². The fourth-order valence-corrected chi connectivity index (χ4v) is 1.60. The second-order valence-electron chi connectivity index (χ2n) is 4.14. The molecule has 0 saturated heterocycles. The van der Waals surface area contributed by atoms with Gasteiger partial charge in [0.25, 0.3) is 0 Å². The predicted octanol–water partition coefficient (Wildman–Crippen LogP) is 2.90. The minimum Gasteiger partial charge on any atom is -0.374 e. The van der Waals surface area contributed by atoms with Gasteiger partial charge in [0.2, 0.25) is 0 Å². The van der Waals surface area contributed by atoms with E-state index in [0.717, 1.165) is 25.9 Å². The molecule has 0 amide bonds. The molecule has 2 nitrogen and oxygen atoms in total. The Morgan fingerprint density at radius 1 is 1.36 bits per heavy atom. The number of rotatable bonds is 3. The van der Waals surface area contributed by atoms with Crippen LogP contribution in [-0.2, 0) is 0 Å². The molecule has 0 unspecified atom stereocenters. The van der Waals surface area contributed by atoms with Crippen LogP contribution in [0.3, 0.4) is 0 Å². The number of aliphatic imine (C=N–C) groups is 1. The topological polar surface area (TPSA) is 24.4 Å². The van der Waals surface area contributed by atoms with Gasteiger partial charge in [-0.3, -0.25) is 4.99 Å². The highest BCUT2D eigenvalue weighted by molar-refractivity contribution is 5.82. The van der Waals surface area contributed by atoms with Crippen molar-refractivity contribution in [3.8, 4) is 0 Å². The van der Waals surface area contributed by atoms with E-state index in [-0.39, 0.29) is 0 Å². The first-order valence-electron chi connectivity index (χ1n) is 5.69. The average Bonchev–Trinajstić information content (AvgIpc) is 2.40. The van der Waals surface area contributed by atoms with Crippen molar-refractivity contribution >= 4 is 5.84 Å². The lowest BCUT2D eigenvalue weighted by atomic mass is 10.2. The summed E-state index contributed by atoms with van der Waals surface area (Å²) >= 11 is 0. The molecule has 0 aromatic rings. The van der Waals surface area contributed by atoms with Crippen molar-refractivity contribution in [1.29, 1.82) is 0 Å². The zero-order valence-corrected chi connectivity index (χ0v) is 9.47. The van der Waals surface area contributed by atoms with E-state index in [9.17, 15) is 0 Å². The van der Waals surface area contributed by atoms with Crippen LogP contribution in [0.1, 0.15) is 46.0 Å². The number of hydrogen-bond acceptors (Lipinski definition) is 2. The third-order valence-corrected chi connectivity index (χ3v) is 2.40. The summed E-state index contributed by atoms with van der Waals surface area (Å²) in [6.45, 7) is 6.33. The lowest BCUT2D eigenvalue weighted by molar-refractivity contribution is 0.728. The third kappa shape index (κ3) is 5.05. The van der Waals surface area contributed by atoms with E-state index in [0.29, 0.717) is 0 Å². The molecule has 14 heavy (non-hydrogen) atoms. The van der Waals surface area contributed by atoms with Crippen LogP contribution in [0.5, 0.6) is 0 Å². The van der Waals surface area contributed by atoms with Gasteiger partial charge in [-0.2, -0.15) is 0 Å². The molecular formula is C12H22N2. The molecule has 0 bridgehead atoms.